The Kier molecular flexibility index (Phi) is 7.50. The van der Waals surface area contributed by atoms with Crippen LogP contribution in [0.1, 0.15) is 40.0 Å². The first-order chi connectivity index (χ1) is 8.44. The van der Waals surface area contributed by atoms with Crippen molar-refractivity contribution in [3.8, 4) is 0 Å². The normalized spacial score (nSPS) is 10.8. The molecular formula is C12H22N2O3S. The van der Waals surface area contributed by atoms with Crippen molar-refractivity contribution in [3.63, 3.8) is 0 Å². The molecule has 0 unspecified atom stereocenters. The molecule has 0 aromatic carbocycles. The molecular weight excluding hydrogens is 252 g/mol. The number of nitrogens with two attached hydrogens (primary N) is 1. The maximum Gasteiger partial charge on any atom is 0.307 e. The fraction of sp³-hybridized carbons (Fsp3) is 0.750. The van der Waals surface area contributed by atoms with Gasteiger partial charge < -0.3 is 15.8 Å². The summed E-state index contributed by atoms with van der Waals surface area (Å²) in [4.78, 5) is 23.4. The summed E-state index contributed by atoms with van der Waals surface area (Å²) in [5.74, 6) is -0.545. The second-order valence-electron chi connectivity index (χ2n) is 3.96. The van der Waals surface area contributed by atoms with Crippen LogP contribution in [0.4, 0.5) is 0 Å². The molecule has 0 aromatic rings. The largest absolute Gasteiger partial charge is 0.466 e. The van der Waals surface area contributed by atoms with E-state index in [1.165, 1.54) is 0 Å². The van der Waals surface area contributed by atoms with Gasteiger partial charge in [0, 0.05) is 6.54 Å². The van der Waals surface area contributed by atoms with Crippen LogP contribution < -0.4 is 11.1 Å². The molecule has 0 aromatic heterocycles. The number of ether oxygens (including phenoxy) is 1. The van der Waals surface area contributed by atoms with Gasteiger partial charge in [-0.1, -0.05) is 26.1 Å². The monoisotopic (exact) mass is 274 g/mol. The Bertz CT molecular complexity index is 314. The quantitative estimate of drug-likeness (QED) is 0.512. The summed E-state index contributed by atoms with van der Waals surface area (Å²) >= 11 is 4.97. The van der Waals surface area contributed by atoms with Crippen LogP contribution in [0.15, 0.2) is 0 Å². The van der Waals surface area contributed by atoms with Gasteiger partial charge in [0.05, 0.1) is 23.4 Å². The van der Waals surface area contributed by atoms with E-state index in [0.717, 1.165) is 0 Å². The standard InChI is InChI=1S/C12H22N2O3S/c1-4-12(5-2,10(13)18)11(16)14-8-7-9(15)17-6-3/h4-8H2,1-3H3,(H2,13,18)(H,14,16). The average Bonchev–Trinajstić information content (AvgIpc) is 2.31. The molecule has 0 fully saturated rings. The minimum Gasteiger partial charge on any atom is -0.466 e. The molecule has 0 aliphatic carbocycles. The van der Waals surface area contributed by atoms with Crippen LogP contribution >= 0.6 is 12.2 Å². The van der Waals surface area contributed by atoms with Gasteiger partial charge >= 0.3 is 5.97 Å². The number of thiocarbonyl (C=S) groups is 1. The molecule has 0 aliphatic heterocycles. The predicted molar refractivity (Wildman–Crippen MR) is 74.1 cm³/mol. The smallest absolute Gasteiger partial charge is 0.307 e. The molecule has 0 aliphatic rings. The van der Waals surface area contributed by atoms with Crippen molar-refractivity contribution < 1.29 is 14.3 Å². The Morgan fingerprint density at radius 1 is 1.28 bits per heavy atom. The number of rotatable bonds is 8. The molecule has 3 N–H and O–H groups in total. The van der Waals surface area contributed by atoms with Crippen molar-refractivity contribution in [2.24, 2.45) is 11.1 Å². The van der Waals surface area contributed by atoms with E-state index in [-0.39, 0.29) is 29.8 Å². The second kappa shape index (κ2) is 8.02. The highest BCUT2D eigenvalue weighted by Crippen LogP contribution is 2.27. The Hall–Kier alpha value is -1.17. The molecule has 6 heteroatoms. The lowest BCUT2D eigenvalue weighted by Crippen LogP contribution is -2.48. The Morgan fingerprint density at radius 3 is 2.22 bits per heavy atom. The fourth-order valence-electron chi connectivity index (χ4n) is 1.71. The Morgan fingerprint density at radius 2 is 1.83 bits per heavy atom. The summed E-state index contributed by atoms with van der Waals surface area (Å²) < 4.78 is 4.77. The third-order valence-corrected chi connectivity index (χ3v) is 3.42. The third kappa shape index (κ3) is 4.25. The van der Waals surface area contributed by atoms with Gasteiger partial charge in [-0.05, 0) is 19.8 Å². The minimum atomic E-state index is -0.815. The zero-order valence-electron chi connectivity index (χ0n) is 11.2. The number of amides is 1. The average molecular weight is 274 g/mol. The van der Waals surface area contributed by atoms with E-state index in [0.29, 0.717) is 19.4 Å². The molecule has 104 valence electrons. The molecule has 5 nitrogen and oxygen atoms in total. The van der Waals surface area contributed by atoms with E-state index >= 15 is 0 Å². The maximum absolute atomic E-state index is 12.1. The lowest BCUT2D eigenvalue weighted by molar-refractivity contribution is -0.143. The van der Waals surface area contributed by atoms with E-state index in [4.69, 9.17) is 22.7 Å². The molecule has 0 rings (SSSR count). The van der Waals surface area contributed by atoms with Gasteiger partial charge in [0.25, 0.3) is 0 Å². The number of carbonyl (C=O) groups excluding carboxylic acids is 2. The van der Waals surface area contributed by atoms with Crippen LogP contribution in [0.2, 0.25) is 0 Å². The summed E-state index contributed by atoms with van der Waals surface area (Å²) in [6, 6.07) is 0. The highest BCUT2D eigenvalue weighted by molar-refractivity contribution is 7.80. The topological polar surface area (TPSA) is 81.4 Å². The van der Waals surface area contributed by atoms with Gasteiger partial charge in [-0.3, -0.25) is 9.59 Å². The van der Waals surface area contributed by atoms with Gasteiger partial charge in [0.15, 0.2) is 0 Å². The van der Waals surface area contributed by atoms with Crippen LogP contribution in [-0.4, -0.2) is 30.0 Å². The van der Waals surface area contributed by atoms with Crippen molar-refractivity contribution in [3.05, 3.63) is 0 Å². The van der Waals surface area contributed by atoms with E-state index in [9.17, 15) is 9.59 Å². The van der Waals surface area contributed by atoms with E-state index < -0.39 is 5.41 Å². The van der Waals surface area contributed by atoms with Crippen molar-refractivity contribution in [1.29, 1.82) is 0 Å². The molecule has 18 heavy (non-hydrogen) atoms. The van der Waals surface area contributed by atoms with Crippen LogP contribution in [0, 0.1) is 5.41 Å². The summed E-state index contributed by atoms with van der Waals surface area (Å²) in [7, 11) is 0. The lowest BCUT2D eigenvalue weighted by Gasteiger charge is -2.28. The summed E-state index contributed by atoms with van der Waals surface area (Å²) in [6.07, 6.45) is 1.24. The van der Waals surface area contributed by atoms with Crippen LogP contribution in [0.25, 0.3) is 0 Å². The molecule has 0 saturated heterocycles. The van der Waals surface area contributed by atoms with Crippen LogP contribution in [-0.2, 0) is 14.3 Å². The number of carbonyl (C=O) groups is 2. The summed E-state index contributed by atoms with van der Waals surface area (Å²) in [6.45, 7) is 6.05. The fourth-order valence-corrected chi connectivity index (χ4v) is 2.09. The summed E-state index contributed by atoms with van der Waals surface area (Å²) in [5.41, 5.74) is 4.84. The summed E-state index contributed by atoms with van der Waals surface area (Å²) in [5, 5.41) is 2.69. The molecule has 0 atom stereocenters. The van der Waals surface area contributed by atoms with Crippen molar-refractivity contribution in [2.45, 2.75) is 40.0 Å². The van der Waals surface area contributed by atoms with Crippen LogP contribution in [0.3, 0.4) is 0 Å². The molecule has 0 spiro atoms. The van der Waals surface area contributed by atoms with Gasteiger partial charge in [-0.25, -0.2) is 0 Å². The van der Waals surface area contributed by atoms with Crippen molar-refractivity contribution in [1.82, 2.24) is 5.32 Å². The van der Waals surface area contributed by atoms with Crippen LogP contribution in [0.5, 0.6) is 0 Å². The van der Waals surface area contributed by atoms with Gasteiger partial charge in [-0.15, -0.1) is 0 Å². The van der Waals surface area contributed by atoms with Gasteiger partial charge in [0.1, 0.15) is 0 Å². The number of hydrogen-bond acceptors (Lipinski definition) is 4. The third-order valence-electron chi connectivity index (χ3n) is 3.03. The van der Waals surface area contributed by atoms with E-state index in [1.54, 1.807) is 6.92 Å². The zero-order valence-corrected chi connectivity index (χ0v) is 12.1. The first-order valence-electron chi connectivity index (χ1n) is 6.18. The van der Waals surface area contributed by atoms with Gasteiger partial charge in [-0.2, -0.15) is 0 Å². The number of hydrogen-bond donors (Lipinski definition) is 2. The van der Waals surface area contributed by atoms with Crippen molar-refractivity contribution in [2.75, 3.05) is 13.2 Å². The first-order valence-corrected chi connectivity index (χ1v) is 6.59. The first kappa shape index (κ1) is 16.8. The SMILES string of the molecule is CCOC(=O)CCNC(=O)C(CC)(CC)C(N)=S. The molecule has 0 bridgehead atoms. The Balaban J connectivity index is 4.37. The van der Waals surface area contributed by atoms with Crippen molar-refractivity contribution >= 4 is 29.1 Å². The maximum atomic E-state index is 12.1. The number of esters is 1. The molecule has 0 saturated carbocycles. The highest BCUT2D eigenvalue weighted by atomic mass is 32.1. The molecule has 0 heterocycles. The molecule has 0 radical (unpaired) electrons. The number of nitrogens with one attached hydrogen (secondary N) is 1. The van der Waals surface area contributed by atoms with E-state index in [2.05, 4.69) is 5.32 Å². The minimum absolute atomic E-state index is 0.153. The molecule has 1 amide bonds. The highest BCUT2D eigenvalue weighted by Gasteiger charge is 2.37. The van der Waals surface area contributed by atoms with Gasteiger partial charge in [0.2, 0.25) is 5.91 Å². The second-order valence-corrected chi connectivity index (χ2v) is 4.40. The zero-order chi connectivity index (χ0) is 14.2. The van der Waals surface area contributed by atoms with E-state index in [1.807, 2.05) is 13.8 Å². The Labute approximate surface area is 113 Å². The predicted octanol–water partition coefficient (Wildman–Crippen LogP) is 1.15. The lowest BCUT2D eigenvalue weighted by atomic mass is 9.81.